The highest BCUT2D eigenvalue weighted by Crippen LogP contribution is 2.26. The summed E-state index contributed by atoms with van der Waals surface area (Å²) in [5, 5.41) is 5.32. The fourth-order valence-electron chi connectivity index (χ4n) is 3.64. The van der Waals surface area contributed by atoms with Crippen molar-refractivity contribution in [3.63, 3.8) is 0 Å². The molecule has 0 heterocycles. The van der Waals surface area contributed by atoms with Gasteiger partial charge in [0, 0.05) is 6.54 Å². The summed E-state index contributed by atoms with van der Waals surface area (Å²) in [5.41, 5.74) is 1.89. The van der Waals surface area contributed by atoms with Crippen LogP contribution in [0.15, 0.2) is 18.2 Å². The van der Waals surface area contributed by atoms with E-state index < -0.39 is 41.6 Å². The van der Waals surface area contributed by atoms with Crippen molar-refractivity contribution >= 4 is 23.9 Å². The van der Waals surface area contributed by atoms with Crippen molar-refractivity contribution in [1.29, 1.82) is 0 Å². The first-order valence-electron chi connectivity index (χ1n) is 12.5. The van der Waals surface area contributed by atoms with Gasteiger partial charge >= 0.3 is 12.1 Å². The highest BCUT2D eigenvalue weighted by molar-refractivity contribution is 5.93. The number of nitrogens with zero attached hydrogens (tertiary/aromatic N) is 1. The van der Waals surface area contributed by atoms with Crippen molar-refractivity contribution < 1.29 is 28.7 Å². The summed E-state index contributed by atoms with van der Waals surface area (Å²) in [4.78, 5) is 53.2. The van der Waals surface area contributed by atoms with Crippen LogP contribution in [0.1, 0.15) is 77.1 Å². The minimum atomic E-state index is -1.01. The zero-order chi connectivity index (χ0) is 27.6. The lowest BCUT2D eigenvalue weighted by Gasteiger charge is -2.36. The largest absolute Gasteiger partial charge is 0.468 e. The molecule has 0 aromatic heterocycles. The first-order chi connectivity index (χ1) is 16.7. The Balaban J connectivity index is 3.49. The van der Waals surface area contributed by atoms with E-state index in [1.165, 1.54) is 12.0 Å². The van der Waals surface area contributed by atoms with E-state index in [2.05, 4.69) is 15.4 Å². The van der Waals surface area contributed by atoms with E-state index in [1.54, 1.807) is 26.8 Å². The maximum Gasteiger partial charge on any atom is 0.408 e. The summed E-state index contributed by atoms with van der Waals surface area (Å²) in [6.07, 6.45) is 0.502. The zero-order valence-electron chi connectivity index (χ0n) is 23.2. The fraction of sp³-hybridized carbons (Fsp3) is 0.630. The predicted molar refractivity (Wildman–Crippen MR) is 138 cm³/mol. The van der Waals surface area contributed by atoms with Crippen LogP contribution >= 0.6 is 0 Å². The van der Waals surface area contributed by atoms with E-state index in [9.17, 15) is 19.2 Å². The van der Waals surface area contributed by atoms with Gasteiger partial charge in [0.1, 0.15) is 24.2 Å². The standard InChI is InChI=1S/C27H43N3O6/c1-10-14-30(25(33)22(17(3)11-2)29-26(34)36-27(6,7)8)23(24(32)28-16-21(31)35-9)20-13-12-18(4)19(5)15-20/h12-13,15,17,22-23H,10-11,14,16H2,1-9H3,(H,28,32)(H,29,34). The molecule has 0 bridgehead atoms. The van der Waals surface area contributed by atoms with E-state index in [0.717, 1.165) is 11.1 Å². The maximum atomic E-state index is 14.0. The van der Waals surface area contributed by atoms with Gasteiger partial charge in [-0.3, -0.25) is 14.4 Å². The molecule has 1 rings (SSSR count). The third kappa shape index (κ3) is 9.17. The average Bonchev–Trinajstić information content (AvgIpc) is 2.80. The van der Waals surface area contributed by atoms with E-state index in [4.69, 9.17) is 4.74 Å². The smallest absolute Gasteiger partial charge is 0.408 e. The number of methoxy groups -OCH3 is 1. The van der Waals surface area contributed by atoms with Gasteiger partial charge in [0.15, 0.2) is 0 Å². The lowest BCUT2D eigenvalue weighted by Crippen LogP contribution is -2.55. The number of alkyl carbamates (subject to hydrolysis) is 1. The van der Waals surface area contributed by atoms with Gasteiger partial charge in [0.2, 0.25) is 11.8 Å². The Hall–Kier alpha value is -3.10. The summed E-state index contributed by atoms with van der Waals surface area (Å²) in [5.74, 6) is -1.72. The van der Waals surface area contributed by atoms with Gasteiger partial charge in [0.05, 0.1) is 7.11 Å². The SMILES string of the molecule is CCCN(C(=O)C(NC(=O)OC(C)(C)C)C(C)CC)C(C(=O)NCC(=O)OC)c1ccc(C)c(C)c1. The number of carbonyl (C=O) groups is 4. The van der Waals surface area contributed by atoms with Gasteiger partial charge in [-0.05, 0) is 63.6 Å². The predicted octanol–water partition coefficient (Wildman–Crippen LogP) is 3.81. The molecule has 0 aliphatic rings. The molecule has 36 heavy (non-hydrogen) atoms. The number of ether oxygens (including phenoxy) is 2. The van der Waals surface area contributed by atoms with Gasteiger partial charge in [-0.1, -0.05) is 45.4 Å². The van der Waals surface area contributed by atoms with Crippen molar-refractivity contribution in [2.75, 3.05) is 20.2 Å². The molecule has 202 valence electrons. The summed E-state index contributed by atoms with van der Waals surface area (Å²) >= 11 is 0. The van der Waals surface area contributed by atoms with Crippen LogP contribution in [0.25, 0.3) is 0 Å². The van der Waals surface area contributed by atoms with Gasteiger partial charge in [-0.2, -0.15) is 0 Å². The molecule has 0 spiro atoms. The minimum Gasteiger partial charge on any atom is -0.468 e. The second-order valence-electron chi connectivity index (χ2n) is 10.1. The molecule has 0 saturated heterocycles. The van der Waals surface area contributed by atoms with E-state index in [-0.39, 0.29) is 19.0 Å². The monoisotopic (exact) mass is 505 g/mol. The summed E-state index contributed by atoms with van der Waals surface area (Å²) in [7, 11) is 1.24. The second kappa shape index (κ2) is 13.8. The zero-order valence-corrected chi connectivity index (χ0v) is 23.2. The molecule has 0 aliphatic heterocycles. The molecule has 1 aromatic rings. The highest BCUT2D eigenvalue weighted by Gasteiger charge is 2.38. The fourth-order valence-corrected chi connectivity index (χ4v) is 3.64. The van der Waals surface area contributed by atoms with Crippen molar-refractivity contribution in [3.8, 4) is 0 Å². The third-order valence-electron chi connectivity index (χ3n) is 5.94. The van der Waals surface area contributed by atoms with Crippen LogP contribution in [0.2, 0.25) is 0 Å². The molecule has 3 atom stereocenters. The van der Waals surface area contributed by atoms with Crippen LogP contribution in [-0.2, 0) is 23.9 Å². The molecule has 9 nitrogen and oxygen atoms in total. The summed E-state index contributed by atoms with van der Waals surface area (Å²) in [6, 6.07) is 3.66. The molecule has 9 heteroatoms. The Kier molecular flexibility index (Phi) is 11.9. The summed E-state index contributed by atoms with van der Waals surface area (Å²) in [6.45, 7) is 14.8. The molecule has 3 unspecified atom stereocenters. The number of amides is 3. The van der Waals surface area contributed by atoms with Crippen molar-refractivity contribution in [1.82, 2.24) is 15.5 Å². The Morgan fingerprint density at radius 2 is 1.69 bits per heavy atom. The van der Waals surface area contributed by atoms with Gasteiger partial charge in [-0.25, -0.2) is 4.79 Å². The van der Waals surface area contributed by atoms with Crippen LogP contribution in [0.4, 0.5) is 4.79 Å². The van der Waals surface area contributed by atoms with Gasteiger partial charge < -0.3 is 25.0 Å². The number of aryl methyl sites for hydroxylation is 2. The molecule has 2 N–H and O–H groups in total. The maximum absolute atomic E-state index is 14.0. The number of hydrogen-bond donors (Lipinski definition) is 2. The number of hydrogen-bond acceptors (Lipinski definition) is 6. The molecular formula is C27H43N3O6. The topological polar surface area (TPSA) is 114 Å². The Labute approximate surface area is 215 Å². The Morgan fingerprint density at radius 3 is 2.19 bits per heavy atom. The van der Waals surface area contributed by atoms with Crippen molar-refractivity contribution in [3.05, 3.63) is 34.9 Å². The Morgan fingerprint density at radius 1 is 1.06 bits per heavy atom. The number of carbonyl (C=O) groups excluding carboxylic acids is 4. The van der Waals surface area contributed by atoms with Crippen molar-refractivity contribution in [2.24, 2.45) is 5.92 Å². The molecule has 0 fully saturated rings. The Bertz CT molecular complexity index is 925. The van der Waals surface area contributed by atoms with Crippen LogP contribution in [0, 0.1) is 19.8 Å². The molecule has 1 aromatic carbocycles. The molecule has 0 saturated carbocycles. The van der Waals surface area contributed by atoms with Crippen LogP contribution in [0.3, 0.4) is 0 Å². The van der Waals surface area contributed by atoms with E-state index in [1.807, 2.05) is 46.8 Å². The molecule has 0 aliphatic carbocycles. The average molecular weight is 506 g/mol. The van der Waals surface area contributed by atoms with Crippen molar-refractivity contribution in [2.45, 2.75) is 85.9 Å². The number of nitrogens with one attached hydrogen (secondary N) is 2. The van der Waals surface area contributed by atoms with E-state index >= 15 is 0 Å². The van der Waals surface area contributed by atoms with Crippen LogP contribution in [-0.4, -0.2) is 60.6 Å². The number of rotatable bonds is 11. The molecular weight excluding hydrogens is 462 g/mol. The normalized spacial score (nSPS) is 13.7. The number of benzene rings is 1. The first-order valence-corrected chi connectivity index (χ1v) is 12.5. The molecule has 0 radical (unpaired) electrons. The number of esters is 1. The van der Waals surface area contributed by atoms with Crippen LogP contribution < -0.4 is 10.6 Å². The van der Waals surface area contributed by atoms with Gasteiger partial charge in [0.25, 0.3) is 0 Å². The highest BCUT2D eigenvalue weighted by atomic mass is 16.6. The van der Waals surface area contributed by atoms with Gasteiger partial charge in [-0.15, -0.1) is 0 Å². The lowest BCUT2D eigenvalue weighted by molar-refractivity contribution is -0.145. The van der Waals surface area contributed by atoms with E-state index in [0.29, 0.717) is 18.4 Å². The lowest BCUT2D eigenvalue weighted by atomic mass is 9.94. The third-order valence-corrected chi connectivity index (χ3v) is 5.94. The van der Waals surface area contributed by atoms with Crippen LogP contribution in [0.5, 0.6) is 0 Å². The minimum absolute atomic E-state index is 0.220. The summed E-state index contributed by atoms with van der Waals surface area (Å²) < 4.78 is 10.0. The first kappa shape index (κ1) is 30.9. The second-order valence-corrected chi connectivity index (χ2v) is 10.1. The quantitative estimate of drug-likeness (QED) is 0.442. The molecule has 3 amide bonds.